The maximum atomic E-state index is 12.0. The summed E-state index contributed by atoms with van der Waals surface area (Å²) < 4.78 is 5.03. The van der Waals surface area contributed by atoms with E-state index >= 15 is 0 Å². The van der Waals surface area contributed by atoms with Crippen molar-refractivity contribution in [3.63, 3.8) is 0 Å². The smallest absolute Gasteiger partial charge is 0.341 e. The first-order valence-corrected chi connectivity index (χ1v) is 6.15. The standard InChI is InChI=1S/C14H19NO4/c1-9(2)10(3)15-14(18)11-5-4-6-12(7-11)19-8-13(16)17/h4-7,9-10H,8H2,1-3H3,(H,15,18)(H,16,17). The van der Waals surface area contributed by atoms with Crippen molar-refractivity contribution in [2.24, 2.45) is 5.92 Å². The number of hydrogen-bond donors (Lipinski definition) is 2. The Labute approximate surface area is 112 Å². The van der Waals surface area contributed by atoms with E-state index in [1.54, 1.807) is 18.2 Å². The van der Waals surface area contributed by atoms with Gasteiger partial charge in [0.2, 0.25) is 0 Å². The Balaban J connectivity index is 2.70. The second-order valence-electron chi connectivity index (χ2n) is 4.72. The predicted molar refractivity (Wildman–Crippen MR) is 71.3 cm³/mol. The number of ether oxygens (including phenoxy) is 1. The summed E-state index contributed by atoms with van der Waals surface area (Å²) in [5.74, 6) is -0.534. The minimum atomic E-state index is -1.05. The number of amides is 1. The summed E-state index contributed by atoms with van der Waals surface area (Å²) in [6, 6.07) is 6.54. The highest BCUT2D eigenvalue weighted by Crippen LogP contribution is 2.13. The summed E-state index contributed by atoms with van der Waals surface area (Å²) in [4.78, 5) is 22.4. The van der Waals surface area contributed by atoms with Gasteiger partial charge in [-0.2, -0.15) is 0 Å². The van der Waals surface area contributed by atoms with Gasteiger partial charge in [-0.3, -0.25) is 4.79 Å². The quantitative estimate of drug-likeness (QED) is 0.824. The zero-order valence-corrected chi connectivity index (χ0v) is 11.3. The van der Waals surface area contributed by atoms with Crippen LogP contribution in [-0.4, -0.2) is 29.6 Å². The topological polar surface area (TPSA) is 75.6 Å². The molecule has 0 saturated heterocycles. The molecule has 0 aliphatic heterocycles. The number of aliphatic carboxylic acids is 1. The van der Waals surface area contributed by atoms with Gasteiger partial charge in [0.1, 0.15) is 5.75 Å². The minimum Gasteiger partial charge on any atom is -0.482 e. The zero-order valence-electron chi connectivity index (χ0n) is 11.3. The summed E-state index contributed by atoms with van der Waals surface area (Å²) in [6.07, 6.45) is 0. The molecule has 0 heterocycles. The van der Waals surface area contributed by atoms with Gasteiger partial charge < -0.3 is 15.2 Å². The number of nitrogens with one attached hydrogen (secondary N) is 1. The number of hydrogen-bond acceptors (Lipinski definition) is 3. The summed E-state index contributed by atoms with van der Waals surface area (Å²) in [5.41, 5.74) is 0.454. The van der Waals surface area contributed by atoms with Gasteiger partial charge in [0.15, 0.2) is 6.61 Å². The van der Waals surface area contributed by atoms with Crippen LogP contribution in [0.5, 0.6) is 5.75 Å². The first-order valence-electron chi connectivity index (χ1n) is 6.15. The lowest BCUT2D eigenvalue weighted by Gasteiger charge is -2.17. The van der Waals surface area contributed by atoms with E-state index in [-0.39, 0.29) is 11.9 Å². The number of carbonyl (C=O) groups excluding carboxylic acids is 1. The molecule has 1 atom stereocenters. The van der Waals surface area contributed by atoms with E-state index in [4.69, 9.17) is 9.84 Å². The Bertz CT molecular complexity index is 457. The highest BCUT2D eigenvalue weighted by atomic mass is 16.5. The molecule has 1 aromatic carbocycles. The molecule has 5 nitrogen and oxygen atoms in total. The number of rotatable bonds is 6. The Morgan fingerprint density at radius 3 is 2.58 bits per heavy atom. The zero-order chi connectivity index (χ0) is 14.4. The summed E-state index contributed by atoms with van der Waals surface area (Å²) in [7, 11) is 0. The number of carbonyl (C=O) groups is 2. The van der Waals surface area contributed by atoms with Crippen molar-refractivity contribution in [3.05, 3.63) is 29.8 Å². The van der Waals surface area contributed by atoms with E-state index in [9.17, 15) is 9.59 Å². The molecule has 1 rings (SSSR count). The van der Waals surface area contributed by atoms with Crippen LogP contribution in [0.15, 0.2) is 24.3 Å². The molecule has 1 amide bonds. The summed E-state index contributed by atoms with van der Waals surface area (Å²) in [5, 5.41) is 11.4. The van der Waals surface area contributed by atoms with Crippen LogP contribution in [0.1, 0.15) is 31.1 Å². The Morgan fingerprint density at radius 1 is 1.32 bits per heavy atom. The monoisotopic (exact) mass is 265 g/mol. The van der Waals surface area contributed by atoms with E-state index in [0.29, 0.717) is 17.2 Å². The van der Waals surface area contributed by atoms with Crippen LogP contribution >= 0.6 is 0 Å². The molecule has 1 aromatic rings. The van der Waals surface area contributed by atoms with Gasteiger partial charge in [0.25, 0.3) is 5.91 Å². The third-order valence-corrected chi connectivity index (χ3v) is 2.82. The molecule has 104 valence electrons. The summed E-state index contributed by atoms with van der Waals surface area (Å²) >= 11 is 0. The van der Waals surface area contributed by atoms with Crippen LogP contribution in [0.3, 0.4) is 0 Å². The predicted octanol–water partition coefficient (Wildman–Crippen LogP) is 1.92. The van der Waals surface area contributed by atoms with E-state index in [1.165, 1.54) is 6.07 Å². The molecule has 0 saturated carbocycles. The molecule has 0 aliphatic rings. The Morgan fingerprint density at radius 2 is 2.00 bits per heavy atom. The molecular formula is C14H19NO4. The van der Waals surface area contributed by atoms with Gasteiger partial charge in [-0.1, -0.05) is 19.9 Å². The largest absolute Gasteiger partial charge is 0.482 e. The molecule has 0 aromatic heterocycles. The molecule has 0 bridgehead atoms. The van der Waals surface area contributed by atoms with Crippen molar-refractivity contribution >= 4 is 11.9 Å². The second kappa shape index (κ2) is 6.78. The van der Waals surface area contributed by atoms with Gasteiger partial charge >= 0.3 is 5.97 Å². The SMILES string of the molecule is CC(C)C(C)NC(=O)c1cccc(OCC(=O)O)c1. The van der Waals surface area contributed by atoms with Gasteiger partial charge in [0.05, 0.1) is 0 Å². The first-order chi connectivity index (χ1) is 8.90. The van der Waals surface area contributed by atoms with Crippen LogP contribution in [0.25, 0.3) is 0 Å². The molecule has 1 unspecified atom stereocenters. The van der Waals surface area contributed by atoms with Crippen molar-refractivity contribution in [2.45, 2.75) is 26.8 Å². The number of benzene rings is 1. The average molecular weight is 265 g/mol. The van der Waals surface area contributed by atoms with Crippen LogP contribution in [0.2, 0.25) is 0 Å². The highest BCUT2D eigenvalue weighted by Gasteiger charge is 2.13. The molecule has 0 spiro atoms. The molecule has 19 heavy (non-hydrogen) atoms. The van der Waals surface area contributed by atoms with Gasteiger partial charge in [0, 0.05) is 11.6 Å². The molecule has 2 N–H and O–H groups in total. The Kier molecular flexibility index (Phi) is 5.36. The lowest BCUT2D eigenvalue weighted by Crippen LogP contribution is -2.36. The number of carboxylic acid groups (broad SMARTS) is 1. The average Bonchev–Trinajstić information content (AvgIpc) is 2.36. The van der Waals surface area contributed by atoms with Gasteiger partial charge in [-0.25, -0.2) is 4.79 Å². The van der Waals surface area contributed by atoms with E-state index in [0.717, 1.165) is 0 Å². The third kappa shape index (κ3) is 4.99. The maximum Gasteiger partial charge on any atom is 0.341 e. The lowest BCUT2D eigenvalue weighted by molar-refractivity contribution is -0.139. The number of carboxylic acids is 1. The Hall–Kier alpha value is -2.04. The fraction of sp³-hybridized carbons (Fsp3) is 0.429. The van der Waals surface area contributed by atoms with Crippen molar-refractivity contribution in [2.75, 3.05) is 6.61 Å². The molecular weight excluding hydrogens is 246 g/mol. The highest BCUT2D eigenvalue weighted by molar-refractivity contribution is 5.94. The maximum absolute atomic E-state index is 12.0. The van der Waals surface area contributed by atoms with Crippen molar-refractivity contribution < 1.29 is 19.4 Å². The van der Waals surface area contributed by atoms with E-state index in [2.05, 4.69) is 5.32 Å². The van der Waals surface area contributed by atoms with Gasteiger partial charge in [-0.15, -0.1) is 0 Å². The van der Waals surface area contributed by atoms with Crippen molar-refractivity contribution in [1.82, 2.24) is 5.32 Å². The van der Waals surface area contributed by atoms with Crippen LogP contribution in [0, 0.1) is 5.92 Å². The third-order valence-electron chi connectivity index (χ3n) is 2.82. The normalized spacial score (nSPS) is 12.0. The van der Waals surface area contributed by atoms with Gasteiger partial charge in [-0.05, 0) is 31.0 Å². The van der Waals surface area contributed by atoms with Crippen molar-refractivity contribution in [1.29, 1.82) is 0 Å². The minimum absolute atomic E-state index is 0.0658. The molecule has 0 fully saturated rings. The van der Waals surface area contributed by atoms with Crippen molar-refractivity contribution in [3.8, 4) is 5.75 Å². The fourth-order valence-electron chi connectivity index (χ4n) is 1.33. The van der Waals surface area contributed by atoms with Crippen LogP contribution in [0.4, 0.5) is 0 Å². The lowest BCUT2D eigenvalue weighted by atomic mass is 10.1. The fourth-order valence-corrected chi connectivity index (χ4v) is 1.33. The molecule has 0 radical (unpaired) electrons. The molecule has 0 aliphatic carbocycles. The van der Waals surface area contributed by atoms with Crippen LogP contribution < -0.4 is 10.1 Å². The van der Waals surface area contributed by atoms with E-state index in [1.807, 2.05) is 20.8 Å². The summed E-state index contributed by atoms with van der Waals surface area (Å²) in [6.45, 7) is 5.56. The van der Waals surface area contributed by atoms with Crippen LogP contribution in [-0.2, 0) is 4.79 Å². The first kappa shape index (κ1) is 15.0. The van der Waals surface area contributed by atoms with E-state index < -0.39 is 12.6 Å². The molecule has 5 heteroatoms. The second-order valence-corrected chi connectivity index (χ2v) is 4.72.